The molecule has 1 aromatic heterocycles. The average molecular weight is 341 g/mol. The van der Waals surface area contributed by atoms with Gasteiger partial charge in [-0.15, -0.1) is 11.3 Å². The van der Waals surface area contributed by atoms with Gasteiger partial charge in [0.05, 0.1) is 19.2 Å². The molecule has 1 fully saturated rings. The number of rotatable bonds is 2. The van der Waals surface area contributed by atoms with Gasteiger partial charge >= 0.3 is 11.8 Å². The Bertz CT molecular complexity index is 783. The molecule has 0 bridgehead atoms. The molecule has 0 unspecified atom stereocenters. The summed E-state index contributed by atoms with van der Waals surface area (Å²) in [5.74, 6) is -1.36. The molecule has 24 heavy (non-hydrogen) atoms. The lowest BCUT2D eigenvalue weighted by atomic mass is 10.1. The standard InChI is InChI=1S/C17H15N3O3S/c18-10-14-11-20(6-7-23-14)17(22)16(21)19-13-4-1-3-12(9-13)15-5-2-8-24-15/h1-5,8-9,14H,6-7,11H2,(H,19,21)/t14-/m0/s1. The second kappa shape index (κ2) is 7.25. The summed E-state index contributed by atoms with van der Waals surface area (Å²) in [6.07, 6.45) is -0.683. The van der Waals surface area contributed by atoms with Crippen molar-refractivity contribution in [3.8, 4) is 16.5 Å². The van der Waals surface area contributed by atoms with Crippen molar-refractivity contribution in [2.45, 2.75) is 6.10 Å². The van der Waals surface area contributed by atoms with E-state index in [4.69, 9.17) is 10.00 Å². The van der Waals surface area contributed by atoms with Gasteiger partial charge in [0.25, 0.3) is 0 Å². The van der Waals surface area contributed by atoms with E-state index < -0.39 is 17.9 Å². The Morgan fingerprint density at radius 3 is 2.96 bits per heavy atom. The molecule has 1 N–H and O–H groups in total. The smallest absolute Gasteiger partial charge is 0.313 e. The number of thiophene rings is 1. The summed E-state index contributed by atoms with van der Waals surface area (Å²) in [7, 11) is 0. The SMILES string of the molecule is N#C[C@H]1CN(C(=O)C(=O)Nc2cccc(-c3cccs3)c2)CCO1. The first-order valence-corrected chi connectivity index (χ1v) is 8.31. The number of hydrogen-bond donors (Lipinski definition) is 1. The summed E-state index contributed by atoms with van der Waals surface area (Å²) < 4.78 is 5.18. The summed E-state index contributed by atoms with van der Waals surface area (Å²) in [6.45, 7) is 0.669. The topological polar surface area (TPSA) is 82.4 Å². The normalized spacial score (nSPS) is 17.1. The molecule has 1 aliphatic rings. The van der Waals surface area contributed by atoms with Crippen LogP contribution in [0.25, 0.3) is 10.4 Å². The fourth-order valence-electron chi connectivity index (χ4n) is 2.43. The van der Waals surface area contributed by atoms with Gasteiger partial charge < -0.3 is 15.0 Å². The first kappa shape index (κ1) is 16.2. The summed E-state index contributed by atoms with van der Waals surface area (Å²) in [5.41, 5.74) is 1.54. The number of nitriles is 1. The number of anilines is 1. The molecule has 122 valence electrons. The number of carbonyl (C=O) groups excluding carboxylic acids is 2. The van der Waals surface area contributed by atoms with Crippen molar-refractivity contribution in [3.05, 3.63) is 41.8 Å². The van der Waals surface area contributed by atoms with Crippen LogP contribution < -0.4 is 5.32 Å². The Labute approximate surface area is 143 Å². The maximum atomic E-state index is 12.2. The largest absolute Gasteiger partial charge is 0.360 e. The molecule has 3 rings (SSSR count). The maximum Gasteiger partial charge on any atom is 0.313 e. The van der Waals surface area contributed by atoms with Crippen molar-refractivity contribution < 1.29 is 14.3 Å². The molecular weight excluding hydrogens is 326 g/mol. The second-order valence-electron chi connectivity index (χ2n) is 5.25. The number of benzene rings is 1. The van der Waals surface area contributed by atoms with E-state index in [-0.39, 0.29) is 13.2 Å². The number of nitrogens with one attached hydrogen (secondary N) is 1. The van der Waals surface area contributed by atoms with Crippen molar-refractivity contribution in [2.75, 3.05) is 25.0 Å². The van der Waals surface area contributed by atoms with E-state index in [1.54, 1.807) is 17.4 Å². The zero-order valence-electron chi connectivity index (χ0n) is 12.8. The van der Waals surface area contributed by atoms with Crippen LogP contribution in [-0.2, 0) is 14.3 Å². The van der Waals surface area contributed by atoms with E-state index in [1.165, 1.54) is 4.90 Å². The number of morpholine rings is 1. The van der Waals surface area contributed by atoms with Crippen LogP contribution in [0.2, 0.25) is 0 Å². The first-order valence-electron chi connectivity index (χ1n) is 7.43. The molecule has 0 aliphatic carbocycles. The van der Waals surface area contributed by atoms with Crippen molar-refractivity contribution in [1.82, 2.24) is 4.90 Å². The lowest BCUT2D eigenvalue weighted by Crippen LogP contribution is -2.49. The number of ether oxygens (including phenoxy) is 1. The minimum absolute atomic E-state index is 0.109. The van der Waals surface area contributed by atoms with Gasteiger partial charge in [-0.1, -0.05) is 18.2 Å². The Morgan fingerprint density at radius 2 is 2.21 bits per heavy atom. The molecule has 0 radical (unpaired) electrons. The lowest BCUT2D eigenvalue weighted by molar-refractivity contribution is -0.147. The maximum absolute atomic E-state index is 12.2. The van der Waals surface area contributed by atoms with Gasteiger partial charge in [-0.05, 0) is 29.1 Å². The zero-order chi connectivity index (χ0) is 16.9. The molecule has 0 spiro atoms. The molecule has 2 amide bonds. The van der Waals surface area contributed by atoms with Crippen LogP contribution in [0.3, 0.4) is 0 Å². The first-order chi connectivity index (χ1) is 11.7. The predicted octanol–water partition coefficient (Wildman–Crippen LogP) is 2.10. The Hall–Kier alpha value is -2.69. The molecule has 2 aromatic rings. The highest BCUT2D eigenvalue weighted by molar-refractivity contribution is 7.13. The monoisotopic (exact) mass is 341 g/mol. The van der Waals surface area contributed by atoms with Gasteiger partial charge in [-0.3, -0.25) is 9.59 Å². The van der Waals surface area contributed by atoms with Gasteiger partial charge in [-0.2, -0.15) is 5.26 Å². The van der Waals surface area contributed by atoms with Crippen molar-refractivity contribution in [3.63, 3.8) is 0 Å². The molecule has 1 aromatic carbocycles. The quantitative estimate of drug-likeness (QED) is 0.848. The summed E-state index contributed by atoms with van der Waals surface area (Å²) in [6, 6.07) is 13.2. The van der Waals surface area contributed by atoms with Crippen molar-refractivity contribution in [2.24, 2.45) is 0 Å². The molecule has 7 heteroatoms. The molecule has 1 aliphatic heterocycles. The predicted molar refractivity (Wildman–Crippen MR) is 90.3 cm³/mol. The van der Waals surface area contributed by atoms with Crippen LogP contribution in [0.4, 0.5) is 5.69 Å². The van der Waals surface area contributed by atoms with Crippen molar-refractivity contribution >= 4 is 28.8 Å². The van der Waals surface area contributed by atoms with E-state index >= 15 is 0 Å². The Kier molecular flexibility index (Phi) is 4.89. The zero-order valence-corrected chi connectivity index (χ0v) is 13.6. The van der Waals surface area contributed by atoms with Crippen LogP contribution in [0.5, 0.6) is 0 Å². The van der Waals surface area contributed by atoms with E-state index in [0.717, 1.165) is 10.4 Å². The fourth-order valence-corrected chi connectivity index (χ4v) is 3.16. The second-order valence-corrected chi connectivity index (χ2v) is 6.20. The number of nitrogens with zero attached hydrogens (tertiary/aromatic N) is 2. The minimum Gasteiger partial charge on any atom is -0.360 e. The molecule has 1 saturated heterocycles. The van der Waals surface area contributed by atoms with Gasteiger partial charge in [0.2, 0.25) is 0 Å². The van der Waals surface area contributed by atoms with E-state index in [0.29, 0.717) is 12.2 Å². The van der Waals surface area contributed by atoms with E-state index in [2.05, 4.69) is 5.32 Å². The summed E-state index contributed by atoms with van der Waals surface area (Å²) >= 11 is 1.60. The molecule has 1 atom stereocenters. The third-order valence-electron chi connectivity index (χ3n) is 3.62. The van der Waals surface area contributed by atoms with Crippen LogP contribution >= 0.6 is 11.3 Å². The summed E-state index contributed by atoms with van der Waals surface area (Å²) in [4.78, 5) is 26.8. The third kappa shape index (κ3) is 3.62. The van der Waals surface area contributed by atoms with Crippen LogP contribution in [0, 0.1) is 11.3 Å². The highest BCUT2D eigenvalue weighted by atomic mass is 32.1. The van der Waals surface area contributed by atoms with E-state index in [9.17, 15) is 9.59 Å². The fraction of sp³-hybridized carbons (Fsp3) is 0.235. The molecule has 0 saturated carbocycles. The Morgan fingerprint density at radius 1 is 1.33 bits per heavy atom. The highest BCUT2D eigenvalue weighted by Gasteiger charge is 2.28. The van der Waals surface area contributed by atoms with Gasteiger partial charge in [0.1, 0.15) is 0 Å². The van der Waals surface area contributed by atoms with Gasteiger partial charge in [-0.25, -0.2) is 0 Å². The van der Waals surface area contributed by atoms with Gasteiger partial charge in [0.15, 0.2) is 6.10 Å². The van der Waals surface area contributed by atoms with Crippen LogP contribution in [-0.4, -0.2) is 42.5 Å². The molecule has 2 heterocycles. The van der Waals surface area contributed by atoms with Crippen LogP contribution in [0.1, 0.15) is 0 Å². The summed E-state index contributed by atoms with van der Waals surface area (Å²) in [5, 5.41) is 13.5. The lowest BCUT2D eigenvalue weighted by Gasteiger charge is -2.29. The third-order valence-corrected chi connectivity index (χ3v) is 4.54. The molecule has 6 nitrogen and oxygen atoms in total. The van der Waals surface area contributed by atoms with E-state index in [1.807, 2.05) is 41.8 Å². The highest BCUT2D eigenvalue weighted by Crippen LogP contribution is 2.26. The number of carbonyl (C=O) groups is 2. The van der Waals surface area contributed by atoms with Crippen LogP contribution in [0.15, 0.2) is 41.8 Å². The minimum atomic E-state index is -0.711. The van der Waals surface area contributed by atoms with Gasteiger partial charge in [0, 0.05) is 17.1 Å². The molecular formula is C17H15N3O3S. The number of amides is 2. The number of hydrogen-bond acceptors (Lipinski definition) is 5. The van der Waals surface area contributed by atoms with Crippen molar-refractivity contribution in [1.29, 1.82) is 5.26 Å². The average Bonchev–Trinajstić information content (AvgIpc) is 3.16. The Balaban J connectivity index is 1.67.